The van der Waals surface area contributed by atoms with Crippen LogP contribution in [-0.4, -0.2) is 22.4 Å². The van der Waals surface area contributed by atoms with Crippen molar-refractivity contribution in [3.05, 3.63) is 29.3 Å². The first kappa shape index (κ1) is 12.4. The summed E-state index contributed by atoms with van der Waals surface area (Å²) in [5, 5.41) is 19.2. The van der Waals surface area contributed by atoms with Gasteiger partial charge >= 0.3 is 0 Å². The molecule has 3 heteroatoms. The predicted molar refractivity (Wildman–Crippen MR) is 66.1 cm³/mol. The van der Waals surface area contributed by atoms with Gasteiger partial charge in [-0.2, -0.15) is 0 Å². The molecule has 1 saturated carbocycles. The lowest BCUT2D eigenvalue weighted by Gasteiger charge is -2.19. The van der Waals surface area contributed by atoms with E-state index in [1.165, 1.54) is 0 Å². The van der Waals surface area contributed by atoms with Gasteiger partial charge < -0.3 is 14.9 Å². The summed E-state index contributed by atoms with van der Waals surface area (Å²) >= 11 is 0. The summed E-state index contributed by atoms with van der Waals surface area (Å²) in [4.78, 5) is 0. The third-order valence-corrected chi connectivity index (χ3v) is 3.38. The lowest BCUT2D eigenvalue weighted by Crippen LogP contribution is -2.25. The van der Waals surface area contributed by atoms with E-state index in [1.807, 2.05) is 25.1 Å². The summed E-state index contributed by atoms with van der Waals surface area (Å²) in [6, 6.07) is 5.68. The number of benzene rings is 1. The van der Waals surface area contributed by atoms with Crippen molar-refractivity contribution in [2.24, 2.45) is 0 Å². The minimum atomic E-state index is -0.458. The Bertz CT molecular complexity index is 387. The van der Waals surface area contributed by atoms with E-state index in [1.54, 1.807) is 6.92 Å². The van der Waals surface area contributed by atoms with Gasteiger partial charge in [-0.05, 0) is 56.4 Å². The second-order valence-corrected chi connectivity index (χ2v) is 4.86. The molecule has 0 amide bonds. The predicted octanol–water partition coefficient (Wildman–Crippen LogP) is 2.34. The number of rotatable bonds is 3. The van der Waals surface area contributed by atoms with Crippen LogP contribution in [0.1, 0.15) is 43.4 Å². The van der Waals surface area contributed by atoms with E-state index >= 15 is 0 Å². The van der Waals surface area contributed by atoms with Crippen LogP contribution in [-0.2, 0) is 0 Å². The van der Waals surface area contributed by atoms with Crippen molar-refractivity contribution in [3.63, 3.8) is 0 Å². The monoisotopic (exact) mass is 236 g/mol. The maximum atomic E-state index is 9.72. The van der Waals surface area contributed by atoms with Crippen molar-refractivity contribution >= 4 is 0 Å². The molecule has 0 aromatic heterocycles. The maximum absolute atomic E-state index is 9.72. The van der Waals surface area contributed by atoms with Crippen LogP contribution in [0.3, 0.4) is 0 Å². The second kappa shape index (κ2) is 5.07. The first-order valence-corrected chi connectivity index (χ1v) is 6.21. The first-order valence-electron chi connectivity index (χ1n) is 6.21. The molecule has 2 N–H and O–H groups in total. The Labute approximate surface area is 102 Å². The van der Waals surface area contributed by atoms with Crippen LogP contribution in [0.4, 0.5) is 0 Å². The highest BCUT2D eigenvalue weighted by Gasteiger charge is 2.27. The summed E-state index contributed by atoms with van der Waals surface area (Å²) in [6.45, 7) is 3.71. The summed E-state index contributed by atoms with van der Waals surface area (Å²) in [5.41, 5.74) is 1.89. The van der Waals surface area contributed by atoms with Gasteiger partial charge in [0.05, 0.1) is 12.2 Å². The molecule has 17 heavy (non-hydrogen) atoms. The average molecular weight is 236 g/mol. The second-order valence-electron chi connectivity index (χ2n) is 4.86. The number of ether oxygens (including phenoxy) is 1. The van der Waals surface area contributed by atoms with Gasteiger partial charge in [0.15, 0.2) is 0 Å². The van der Waals surface area contributed by atoms with Crippen LogP contribution >= 0.6 is 0 Å². The molecule has 1 aromatic rings. The molecule has 0 bridgehead atoms. The number of hydrogen-bond donors (Lipinski definition) is 2. The fourth-order valence-electron chi connectivity index (χ4n) is 2.27. The summed E-state index contributed by atoms with van der Waals surface area (Å²) in [5.74, 6) is 0.806. The minimum Gasteiger partial charge on any atom is -0.487 e. The number of aliphatic hydroxyl groups excluding tert-OH is 2. The fourth-order valence-corrected chi connectivity index (χ4v) is 2.27. The van der Waals surface area contributed by atoms with Crippen molar-refractivity contribution in [3.8, 4) is 5.75 Å². The van der Waals surface area contributed by atoms with Gasteiger partial charge in [-0.1, -0.05) is 6.07 Å². The molecule has 0 spiro atoms. The molecule has 0 heterocycles. The molecule has 0 aliphatic heterocycles. The van der Waals surface area contributed by atoms with E-state index in [0.29, 0.717) is 0 Å². The molecule has 1 aromatic carbocycles. The Morgan fingerprint density at radius 3 is 2.65 bits per heavy atom. The number of aliphatic hydroxyl groups is 2. The normalized spacial score (nSPS) is 25.9. The molecule has 3 atom stereocenters. The zero-order valence-electron chi connectivity index (χ0n) is 10.4. The molecule has 3 unspecified atom stereocenters. The van der Waals surface area contributed by atoms with Gasteiger partial charge in [-0.3, -0.25) is 0 Å². The van der Waals surface area contributed by atoms with Gasteiger partial charge in [0.2, 0.25) is 0 Å². The standard InChI is InChI=1S/C14H20O3/c1-9-8-11(10(2)15)6-7-13(9)17-14-5-3-4-12(14)16/h6-8,10,12,14-16H,3-5H2,1-2H3. The molecule has 94 valence electrons. The highest BCUT2D eigenvalue weighted by molar-refractivity contribution is 5.37. The van der Waals surface area contributed by atoms with Crippen molar-refractivity contribution in [2.45, 2.75) is 51.4 Å². The third-order valence-electron chi connectivity index (χ3n) is 3.38. The lowest BCUT2D eigenvalue weighted by molar-refractivity contribution is 0.0599. The van der Waals surface area contributed by atoms with Gasteiger partial charge in [-0.15, -0.1) is 0 Å². The van der Waals surface area contributed by atoms with Crippen LogP contribution < -0.4 is 4.74 Å². The quantitative estimate of drug-likeness (QED) is 0.847. The van der Waals surface area contributed by atoms with Crippen LogP contribution in [0.25, 0.3) is 0 Å². The molecule has 0 radical (unpaired) electrons. The Kier molecular flexibility index (Phi) is 3.69. The SMILES string of the molecule is Cc1cc(C(C)O)ccc1OC1CCCC1O. The smallest absolute Gasteiger partial charge is 0.124 e. The first-order chi connectivity index (χ1) is 8.08. The zero-order valence-corrected chi connectivity index (χ0v) is 10.4. The van der Waals surface area contributed by atoms with Gasteiger partial charge in [0.25, 0.3) is 0 Å². The summed E-state index contributed by atoms with van der Waals surface area (Å²) in [7, 11) is 0. The lowest BCUT2D eigenvalue weighted by atomic mass is 10.1. The van der Waals surface area contributed by atoms with Crippen LogP contribution in [0, 0.1) is 6.92 Å². The highest BCUT2D eigenvalue weighted by Crippen LogP contribution is 2.28. The van der Waals surface area contributed by atoms with E-state index < -0.39 is 6.10 Å². The number of hydrogen-bond acceptors (Lipinski definition) is 3. The Morgan fingerprint density at radius 1 is 1.35 bits per heavy atom. The van der Waals surface area contributed by atoms with E-state index in [9.17, 15) is 10.2 Å². The molecular weight excluding hydrogens is 216 g/mol. The maximum Gasteiger partial charge on any atom is 0.124 e. The summed E-state index contributed by atoms with van der Waals surface area (Å²) < 4.78 is 5.82. The van der Waals surface area contributed by atoms with Crippen molar-refractivity contribution in [1.82, 2.24) is 0 Å². The third kappa shape index (κ3) is 2.79. The van der Waals surface area contributed by atoms with E-state index in [2.05, 4.69) is 0 Å². The van der Waals surface area contributed by atoms with E-state index in [0.717, 1.165) is 36.1 Å². The summed E-state index contributed by atoms with van der Waals surface area (Å²) in [6.07, 6.45) is 1.89. The van der Waals surface area contributed by atoms with Crippen molar-refractivity contribution in [1.29, 1.82) is 0 Å². The Balaban J connectivity index is 2.11. The fraction of sp³-hybridized carbons (Fsp3) is 0.571. The molecule has 1 fully saturated rings. The van der Waals surface area contributed by atoms with E-state index in [4.69, 9.17) is 4.74 Å². The Morgan fingerprint density at radius 2 is 2.12 bits per heavy atom. The zero-order chi connectivity index (χ0) is 12.4. The van der Waals surface area contributed by atoms with Crippen LogP contribution in [0.5, 0.6) is 5.75 Å². The molecule has 0 saturated heterocycles. The molecule has 1 aliphatic carbocycles. The van der Waals surface area contributed by atoms with Crippen molar-refractivity contribution < 1.29 is 14.9 Å². The van der Waals surface area contributed by atoms with Crippen molar-refractivity contribution in [2.75, 3.05) is 0 Å². The Hall–Kier alpha value is -1.06. The van der Waals surface area contributed by atoms with E-state index in [-0.39, 0.29) is 12.2 Å². The minimum absolute atomic E-state index is 0.0777. The molecule has 2 rings (SSSR count). The van der Waals surface area contributed by atoms with Crippen LogP contribution in [0.2, 0.25) is 0 Å². The highest BCUT2D eigenvalue weighted by atomic mass is 16.5. The molecule has 1 aliphatic rings. The van der Waals surface area contributed by atoms with Gasteiger partial charge in [-0.25, -0.2) is 0 Å². The molecular formula is C14H20O3. The average Bonchev–Trinajstić information content (AvgIpc) is 2.67. The molecule has 3 nitrogen and oxygen atoms in total. The topological polar surface area (TPSA) is 49.7 Å². The largest absolute Gasteiger partial charge is 0.487 e. The van der Waals surface area contributed by atoms with Gasteiger partial charge in [0, 0.05) is 0 Å². The van der Waals surface area contributed by atoms with Gasteiger partial charge in [0.1, 0.15) is 11.9 Å². The number of aryl methyl sites for hydroxylation is 1. The van der Waals surface area contributed by atoms with Crippen LogP contribution in [0.15, 0.2) is 18.2 Å².